The van der Waals surface area contributed by atoms with Crippen LogP contribution in [0.25, 0.3) is 0 Å². The lowest BCUT2D eigenvalue weighted by Crippen LogP contribution is -2.53. The normalized spacial score (nSPS) is 22.9. The first-order chi connectivity index (χ1) is 9.74. The van der Waals surface area contributed by atoms with Crippen LogP contribution in [0.4, 0.5) is 0 Å². The van der Waals surface area contributed by atoms with Crippen molar-refractivity contribution in [1.82, 2.24) is 10.2 Å². The molecule has 20 heavy (non-hydrogen) atoms. The van der Waals surface area contributed by atoms with E-state index in [1.54, 1.807) is 7.11 Å². The molecule has 4 heteroatoms. The average molecular weight is 278 g/mol. The van der Waals surface area contributed by atoms with Crippen LogP contribution >= 0.6 is 0 Å². The molecule has 2 N–H and O–H groups in total. The standard InChI is InChI=1S/C16H26N2O2/c1-3-17-16(13-19,14-7-5-4-6-8-14)12-18-10-9-15(11-18)20-2/h4-8,15,17,19H,3,9-13H2,1-2H3. The Bertz CT molecular complexity index is 399. The molecule has 1 fully saturated rings. The Hall–Kier alpha value is -0.940. The first kappa shape index (κ1) is 15.4. The number of aliphatic hydroxyl groups excluding tert-OH is 1. The van der Waals surface area contributed by atoms with Crippen molar-refractivity contribution in [3.63, 3.8) is 0 Å². The smallest absolute Gasteiger partial charge is 0.0797 e. The Labute approximate surface area is 121 Å². The Kier molecular flexibility index (Phi) is 5.54. The first-order valence-electron chi connectivity index (χ1n) is 7.40. The molecule has 2 rings (SSSR count). The highest BCUT2D eigenvalue weighted by Crippen LogP contribution is 2.24. The summed E-state index contributed by atoms with van der Waals surface area (Å²) in [7, 11) is 1.77. The summed E-state index contributed by atoms with van der Waals surface area (Å²) in [5, 5.41) is 13.5. The molecule has 0 bridgehead atoms. The van der Waals surface area contributed by atoms with Crippen molar-refractivity contribution < 1.29 is 9.84 Å². The number of hydrogen-bond donors (Lipinski definition) is 2. The maximum Gasteiger partial charge on any atom is 0.0797 e. The minimum Gasteiger partial charge on any atom is -0.394 e. The highest BCUT2D eigenvalue weighted by molar-refractivity contribution is 5.25. The van der Waals surface area contributed by atoms with Crippen molar-refractivity contribution in [2.24, 2.45) is 0 Å². The molecule has 1 saturated heterocycles. The second-order valence-electron chi connectivity index (χ2n) is 5.52. The molecule has 1 aromatic rings. The van der Waals surface area contributed by atoms with Crippen LogP contribution in [-0.2, 0) is 10.3 Å². The fraction of sp³-hybridized carbons (Fsp3) is 0.625. The molecule has 0 spiro atoms. The lowest BCUT2D eigenvalue weighted by molar-refractivity contribution is 0.0879. The molecule has 0 saturated carbocycles. The van der Waals surface area contributed by atoms with Crippen LogP contribution in [0.1, 0.15) is 18.9 Å². The van der Waals surface area contributed by atoms with Crippen molar-refractivity contribution in [3.05, 3.63) is 35.9 Å². The molecule has 2 unspecified atom stereocenters. The van der Waals surface area contributed by atoms with Gasteiger partial charge in [0.1, 0.15) is 0 Å². The van der Waals surface area contributed by atoms with Gasteiger partial charge in [0.2, 0.25) is 0 Å². The van der Waals surface area contributed by atoms with E-state index in [-0.39, 0.29) is 6.61 Å². The minimum absolute atomic E-state index is 0.0962. The first-order valence-corrected chi connectivity index (χ1v) is 7.40. The van der Waals surface area contributed by atoms with E-state index in [9.17, 15) is 5.11 Å². The van der Waals surface area contributed by atoms with Gasteiger partial charge in [-0.05, 0) is 18.5 Å². The molecule has 1 aliphatic heterocycles. The van der Waals surface area contributed by atoms with E-state index in [1.807, 2.05) is 18.2 Å². The van der Waals surface area contributed by atoms with Gasteiger partial charge in [0.25, 0.3) is 0 Å². The number of nitrogens with one attached hydrogen (secondary N) is 1. The molecule has 112 valence electrons. The SMILES string of the molecule is CCNC(CO)(CN1CCC(OC)C1)c1ccccc1. The summed E-state index contributed by atoms with van der Waals surface area (Å²) in [5.74, 6) is 0. The molecule has 0 amide bonds. The predicted octanol–water partition coefficient (Wildman–Crippen LogP) is 1.20. The molecule has 0 aromatic heterocycles. The predicted molar refractivity (Wildman–Crippen MR) is 80.7 cm³/mol. The molecule has 0 radical (unpaired) electrons. The number of likely N-dealkylation sites (N-methyl/N-ethyl adjacent to an activating group) is 1. The Morgan fingerprint density at radius 2 is 2.15 bits per heavy atom. The third kappa shape index (κ3) is 3.38. The highest BCUT2D eigenvalue weighted by atomic mass is 16.5. The Morgan fingerprint density at radius 3 is 2.70 bits per heavy atom. The molecular formula is C16H26N2O2. The molecule has 4 nitrogen and oxygen atoms in total. The summed E-state index contributed by atoms with van der Waals surface area (Å²) in [4.78, 5) is 2.38. The van der Waals surface area contributed by atoms with E-state index >= 15 is 0 Å². The van der Waals surface area contributed by atoms with Crippen molar-refractivity contribution in [2.45, 2.75) is 25.0 Å². The maximum atomic E-state index is 10.0. The van der Waals surface area contributed by atoms with Gasteiger partial charge in [0, 0.05) is 26.7 Å². The molecule has 1 aliphatic rings. The number of hydrogen-bond acceptors (Lipinski definition) is 4. The van der Waals surface area contributed by atoms with Gasteiger partial charge < -0.3 is 15.2 Å². The van der Waals surface area contributed by atoms with Gasteiger partial charge in [-0.3, -0.25) is 4.90 Å². The zero-order valence-electron chi connectivity index (χ0n) is 12.5. The summed E-state index contributed by atoms with van der Waals surface area (Å²) in [5.41, 5.74) is 0.753. The van der Waals surface area contributed by atoms with Gasteiger partial charge in [0.15, 0.2) is 0 Å². The van der Waals surface area contributed by atoms with Crippen molar-refractivity contribution in [2.75, 3.05) is 39.9 Å². The topological polar surface area (TPSA) is 44.7 Å². The van der Waals surface area contributed by atoms with E-state index in [4.69, 9.17) is 4.74 Å². The molecular weight excluding hydrogens is 252 g/mol. The van der Waals surface area contributed by atoms with Crippen LogP contribution < -0.4 is 5.32 Å². The number of methoxy groups -OCH3 is 1. The minimum atomic E-state index is -0.390. The number of likely N-dealkylation sites (tertiary alicyclic amines) is 1. The van der Waals surface area contributed by atoms with E-state index < -0.39 is 5.54 Å². The van der Waals surface area contributed by atoms with E-state index in [0.29, 0.717) is 6.10 Å². The number of benzene rings is 1. The van der Waals surface area contributed by atoms with E-state index in [0.717, 1.165) is 38.2 Å². The summed E-state index contributed by atoms with van der Waals surface area (Å²) >= 11 is 0. The van der Waals surface area contributed by atoms with Crippen LogP contribution in [0.2, 0.25) is 0 Å². The average Bonchev–Trinajstić information content (AvgIpc) is 2.95. The van der Waals surface area contributed by atoms with Crippen LogP contribution in [0.3, 0.4) is 0 Å². The lowest BCUT2D eigenvalue weighted by atomic mass is 9.90. The van der Waals surface area contributed by atoms with E-state index in [1.165, 1.54) is 0 Å². The van der Waals surface area contributed by atoms with Crippen molar-refractivity contribution in [1.29, 1.82) is 0 Å². The number of ether oxygens (including phenoxy) is 1. The fourth-order valence-corrected chi connectivity index (χ4v) is 3.06. The van der Waals surface area contributed by atoms with Crippen LogP contribution in [-0.4, -0.2) is 56.0 Å². The van der Waals surface area contributed by atoms with Crippen molar-refractivity contribution >= 4 is 0 Å². The lowest BCUT2D eigenvalue weighted by Gasteiger charge is -2.37. The van der Waals surface area contributed by atoms with Crippen LogP contribution in [0.15, 0.2) is 30.3 Å². The van der Waals surface area contributed by atoms with Crippen LogP contribution in [0, 0.1) is 0 Å². The zero-order valence-corrected chi connectivity index (χ0v) is 12.5. The second kappa shape index (κ2) is 7.18. The Balaban J connectivity index is 2.15. The maximum absolute atomic E-state index is 10.0. The monoisotopic (exact) mass is 278 g/mol. The Morgan fingerprint density at radius 1 is 1.40 bits per heavy atom. The number of nitrogens with zero attached hydrogens (tertiary/aromatic N) is 1. The molecule has 0 aliphatic carbocycles. The summed E-state index contributed by atoms with van der Waals surface area (Å²) in [6.07, 6.45) is 1.39. The largest absolute Gasteiger partial charge is 0.394 e. The van der Waals surface area contributed by atoms with Crippen LogP contribution in [0.5, 0.6) is 0 Å². The highest BCUT2D eigenvalue weighted by Gasteiger charge is 2.35. The number of aliphatic hydroxyl groups is 1. The van der Waals surface area contributed by atoms with Crippen molar-refractivity contribution in [3.8, 4) is 0 Å². The molecule has 1 heterocycles. The summed E-state index contributed by atoms with van der Waals surface area (Å²) in [6.45, 7) is 5.78. The third-order valence-electron chi connectivity index (χ3n) is 4.17. The summed E-state index contributed by atoms with van der Waals surface area (Å²) < 4.78 is 5.43. The third-order valence-corrected chi connectivity index (χ3v) is 4.17. The molecule has 2 atom stereocenters. The second-order valence-corrected chi connectivity index (χ2v) is 5.52. The van der Waals surface area contributed by atoms with Gasteiger partial charge >= 0.3 is 0 Å². The molecule has 1 aromatic carbocycles. The quantitative estimate of drug-likeness (QED) is 0.787. The summed E-state index contributed by atoms with van der Waals surface area (Å²) in [6, 6.07) is 10.2. The van der Waals surface area contributed by atoms with Gasteiger partial charge in [-0.2, -0.15) is 0 Å². The number of rotatable bonds is 7. The zero-order chi connectivity index (χ0) is 14.4. The van der Waals surface area contributed by atoms with E-state index in [2.05, 4.69) is 29.3 Å². The van der Waals surface area contributed by atoms with Gasteiger partial charge in [-0.25, -0.2) is 0 Å². The van der Waals surface area contributed by atoms with Gasteiger partial charge in [-0.1, -0.05) is 37.3 Å². The van der Waals surface area contributed by atoms with Gasteiger partial charge in [0.05, 0.1) is 18.2 Å². The fourth-order valence-electron chi connectivity index (χ4n) is 3.06. The van der Waals surface area contributed by atoms with Gasteiger partial charge in [-0.15, -0.1) is 0 Å².